The molecule has 30 heavy (non-hydrogen) atoms. The average molecular weight is 531 g/mol. The first-order valence-corrected chi connectivity index (χ1v) is 9.65. The van der Waals surface area contributed by atoms with Crippen molar-refractivity contribution in [3.8, 4) is 0 Å². The fourth-order valence-electron chi connectivity index (χ4n) is 3.09. The van der Waals surface area contributed by atoms with Gasteiger partial charge >= 0.3 is 0 Å². The first-order chi connectivity index (χ1) is 14.0. The zero-order valence-corrected chi connectivity index (χ0v) is 20.2. The van der Waals surface area contributed by atoms with Crippen molar-refractivity contribution < 1.29 is 9.53 Å². The minimum absolute atomic E-state index is 0. The molecular weight excluding hydrogens is 501 g/mol. The van der Waals surface area contributed by atoms with Gasteiger partial charge in [0, 0.05) is 53.6 Å². The van der Waals surface area contributed by atoms with Gasteiger partial charge in [-0.1, -0.05) is 0 Å². The Labute approximate surface area is 193 Å². The number of methoxy groups -OCH3 is 1. The van der Waals surface area contributed by atoms with E-state index in [0.29, 0.717) is 38.7 Å². The number of halogens is 1. The summed E-state index contributed by atoms with van der Waals surface area (Å²) in [4.78, 5) is 21.2. The second-order valence-corrected chi connectivity index (χ2v) is 6.97. The monoisotopic (exact) mass is 531 g/mol. The smallest absolute Gasteiger partial charge is 0.246 e. The molecule has 0 radical (unpaired) electrons. The summed E-state index contributed by atoms with van der Waals surface area (Å²) in [5, 5.41) is 15.8. The quantitative estimate of drug-likeness (QED) is 0.237. The summed E-state index contributed by atoms with van der Waals surface area (Å²) < 4.78 is 8.73. The maximum atomic E-state index is 12.7. The molecule has 0 unspecified atom stereocenters. The lowest BCUT2D eigenvalue weighted by molar-refractivity contribution is -0.120. The van der Waals surface area contributed by atoms with Crippen LogP contribution in [0.5, 0.6) is 0 Å². The number of aryl methyl sites for hydroxylation is 2. The molecule has 0 bridgehead atoms. The molecule has 11 nitrogen and oxygen atoms in total. The minimum atomic E-state index is 0. The van der Waals surface area contributed by atoms with E-state index in [4.69, 9.17) is 9.73 Å². The number of guanidine groups is 1. The summed E-state index contributed by atoms with van der Waals surface area (Å²) in [5.74, 6) is 2.33. The predicted octanol–water partition coefficient (Wildman–Crippen LogP) is 0.306. The van der Waals surface area contributed by atoms with E-state index in [2.05, 4.69) is 20.6 Å². The molecule has 3 heterocycles. The number of aromatic nitrogens is 5. The van der Waals surface area contributed by atoms with Crippen molar-refractivity contribution in [1.82, 2.24) is 34.8 Å². The maximum Gasteiger partial charge on any atom is 0.246 e. The SMILES string of the molecule is COCCCNC(=NCc1nnc(C)n1C)N1CCN(c2cnn(C)c2)C(=O)C1.I. The number of piperazine rings is 1. The molecule has 2 aromatic rings. The third kappa shape index (κ3) is 5.90. The molecule has 1 saturated heterocycles. The van der Waals surface area contributed by atoms with Gasteiger partial charge in [0.25, 0.3) is 0 Å². The van der Waals surface area contributed by atoms with Gasteiger partial charge in [-0.2, -0.15) is 5.10 Å². The number of hydrogen-bond acceptors (Lipinski definition) is 6. The minimum Gasteiger partial charge on any atom is -0.385 e. The zero-order chi connectivity index (χ0) is 20.8. The Morgan fingerprint density at radius 1 is 1.30 bits per heavy atom. The molecule has 0 spiro atoms. The highest BCUT2D eigenvalue weighted by Gasteiger charge is 2.27. The number of nitrogens with one attached hydrogen (secondary N) is 1. The van der Waals surface area contributed by atoms with Gasteiger partial charge in [0.05, 0.1) is 11.9 Å². The van der Waals surface area contributed by atoms with Gasteiger partial charge in [-0.15, -0.1) is 34.2 Å². The van der Waals surface area contributed by atoms with E-state index in [1.165, 1.54) is 0 Å². The number of nitrogens with zero attached hydrogens (tertiary/aromatic N) is 8. The largest absolute Gasteiger partial charge is 0.385 e. The maximum absolute atomic E-state index is 12.7. The first kappa shape index (κ1) is 24.1. The van der Waals surface area contributed by atoms with Crippen LogP contribution in [0.1, 0.15) is 18.1 Å². The van der Waals surface area contributed by atoms with Crippen LogP contribution < -0.4 is 10.2 Å². The van der Waals surface area contributed by atoms with E-state index < -0.39 is 0 Å². The molecule has 2 aromatic heterocycles. The van der Waals surface area contributed by atoms with Crippen LogP contribution in [0.15, 0.2) is 17.4 Å². The zero-order valence-electron chi connectivity index (χ0n) is 17.9. The Balaban J connectivity index is 0.00000320. The summed E-state index contributed by atoms with van der Waals surface area (Å²) in [6.45, 7) is 5.17. The second kappa shape index (κ2) is 11.2. The van der Waals surface area contributed by atoms with E-state index in [0.717, 1.165) is 23.8 Å². The molecule has 166 valence electrons. The highest BCUT2D eigenvalue weighted by molar-refractivity contribution is 14.0. The fourth-order valence-corrected chi connectivity index (χ4v) is 3.09. The van der Waals surface area contributed by atoms with Crippen LogP contribution in [0.25, 0.3) is 0 Å². The molecule has 1 N–H and O–H groups in total. The van der Waals surface area contributed by atoms with E-state index in [9.17, 15) is 4.79 Å². The third-order valence-corrected chi connectivity index (χ3v) is 4.88. The van der Waals surface area contributed by atoms with Crippen molar-refractivity contribution in [1.29, 1.82) is 0 Å². The van der Waals surface area contributed by atoms with Gasteiger partial charge in [0.1, 0.15) is 18.9 Å². The van der Waals surface area contributed by atoms with Crippen LogP contribution in [-0.4, -0.2) is 81.2 Å². The van der Waals surface area contributed by atoms with Gasteiger partial charge < -0.3 is 24.4 Å². The van der Waals surface area contributed by atoms with Crippen molar-refractivity contribution >= 4 is 41.5 Å². The Morgan fingerprint density at radius 3 is 2.70 bits per heavy atom. The fraction of sp³-hybridized carbons (Fsp3) is 0.611. The van der Waals surface area contributed by atoms with Gasteiger partial charge in [-0.05, 0) is 13.3 Å². The third-order valence-electron chi connectivity index (χ3n) is 4.88. The van der Waals surface area contributed by atoms with E-state index in [1.807, 2.05) is 36.7 Å². The van der Waals surface area contributed by atoms with Gasteiger partial charge in [0.15, 0.2) is 11.8 Å². The number of rotatable bonds is 7. The van der Waals surface area contributed by atoms with Crippen LogP contribution in [0, 0.1) is 6.92 Å². The Hall–Kier alpha value is -2.22. The van der Waals surface area contributed by atoms with E-state index in [1.54, 1.807) is 22.9 Å². The first-order valence-electron chi connectivity index (χ1n) is 9.65. The van der Waals surface area contributed by atoms with Gasteiger partial charge in [-0.3, -0.25) is 9.48 Å². The number of amides is 1. The molecule has 1 aliphatic heterocycles. The van der Waals surface area contributed by atoms with Crippen molar-refractivity contribution in [2.75, 3.05) is 44.8 Å². The second-order valence-electron chi connectivity index (χ2n) is 6.97. The number of ether oxygens (including phenoxy) is 1. The van der Waals surface area contributed by atoms with Crippen molar-refractivity contribution in [2.45, 2.75) is 19.9 Å². The Bertz CT molecular complexity index is 864. The van der Waals surface area contributed by atoms with E-state index in [-0.39, 0.29) is 36.4 Å². The molecule has 12 heteroatoms. The number of anilines is 1. The molecule has 1 amide bonds. The number of carbonyl (C=O) groups is 1. The summed E-state index contributed by atoms with van der Waals surface area (Å²) in [6, 6.07) is 0. The molecule has 1 fully saturated rings. The standard InChI is InChI=1S/C18H29N9O2.HI/c1-14-22-23-16(25(14)3)11-20-18(19-6-5-9-29-4)26-7-8-27(17(28)13-26)15-10-21-24(2)12-15;/h10,12H,5-9,11,13H2,1-4H3,(H,19,20);1H. The van der Waals surface area contributed by atoms with Gasteiger partial charge in [-0.25, -0.2) is 4.99 Å². The van der Waals surface area contributed by atoms with Crippen molar-refractivity contribution in [3.63, 3.8) is 0 Å². The van der Waals surface area contributed by atoms with Gasteiger partial charge in [0.2, 0.25) is 5.91 Å². The lowest BCUT2D eigenvalue weighted by Crippen LogP contribution is -2.55. The van der Waals surface area contributed by atoms with Crippen LogP contribution >= 0.6 is 24.0 Å². The lowest BCUT2D eigenvalue weighted by atomic mass is 10.3. The number of hydrogen-bond donors (Lipinski definition) is 1. The topological polar surface area (TPSA) is 106 Å². The molecule has 0 aromatic carbocycles. The number of carbonyl (C=O) groups excluding carboxylic acids is 1. The highest BCUT2D eigenvalue weighted by Crippen LogP contribution is 2.16. The summed E-state index contributed by atoms with van der Waals surface area (Å²) in [6.07, 6.45) is 4.41. The Kier molecular flexibility index (Phi) is 9.02. The highest BCUT2D eigenvalue weighted by atomic mass is 127. The average Bonchev–Trinajstić information content (AvgIpc) is 3.27. The molecule has 0 aliphatic carbocycles. The molecule has 0 atom stereocenters. The van der Waals surface area contributed by atoms with Crippen LogP contribution in [0.2, 0.25) is 0 Å². The molecule has 3 rings (SSSR count). The van der Waals surface area contributed by atoms with Crippen LogP contribution in [-0.2, 0) is 30.2 Å². The van der Waals surface area contributed by atoms with Crippen molar-refractivity contribution in [2.24, 2.45) is 19.1 Å². The van der Waals surface area contributed by atoms with Crippen LogP contribution in [0.4, 0.5) is 5.69 Å². The van der Waals surface area contributed by atoms with Crippen LogP contribution in [0.3, 0.4) is 0 Å². The van der Waals surface area contributed by atoms with Crippen molar-refractivity contribution in [3.05, 3.63) is 24.0 Å². The predicted molar refractivity (Wildman–Crippen MR) is 124 cm³/mol. The molecule has 1 aliphatic rings. The normalized spacial score (nSPS) is 14.8. The summed E-state index contributed by atoms with van der Waals surface area (Å²) in [7, 11) is 5.44. The lowest BCUT2D eigenvalue weighted by Gasteiger charge is -2.35. The molecule has 0 saturated carbocycles. The summed E-state index contributed by atoms with van der Waals surface area (Å²) in [5.41, 5.74) is 0.818. The number of aliphatic imine (C=N–C) groups is 1. The Morgan fingerprint density at radius 2 is 2.10 bits per heavy atom. The summed E-state index contributed by atoms with van der Waals surface area (Å²) >= 11 is 0. The molecular formula is C18H30IN9O2. The van der Waals surface area contributed by atoms with E-state index >= 15 is 0 Å².